The number of para-hydroxylation sites is 4. The molecule has 0 saturated heterocycles. The number of nitriles is 2. The predicted octanol–water partition coefficient (Wildman–Crippen LogP) is 12.9. The third-order valence-electron chi connectivity index (χ3n) is 11.3. The van der Waals surface area contributed by atoms with Crippen LogP contribution in [0.2, 0.25) is 0 Å². The minimum absolute atomic E-state index is 0.561. The molecule has 3 aromatic heterocycles. The molecule has 3 heterocycles. The summed E-state index contributed by atoms with van der Waals surface area (Å²) in [5, 5.41) is 26.6. The molecule has 0 unspecified atom stereocenters. The summed E-state index contributed by atoms with van der Waals surface area (Å²) in [5.74, 6) is 0. The maximum Gasteiger partial charge on any atom is 0.188 e. The Kier molecular flexibility index (Phi) is 6.95. The molecule has 0 saturated carbocycles. The Labute approximate surface area is 326 Å². The smallest absolute Gasteiger partial charge is 0.188 e. The maximum absolute atomic E-state index is 10.5. The third kappa shape index (κ3) is 4.74. The number of nitrogens with zero attached hydrogens (tertiary/aromatic N) is 6. The van der Waals surface area contributed by atoms with Crippen LogP contribution in [0.25, 0.3) is 98.5 Å². The Balaban J connectivity index is 1.13. The first-order valence-electron chi connectivity index (χ1n) is 18.7. The highest BCUT2D eigenvalue weighted by Crippen LogP contribution is 2.41. The van der Waals surface area contributed by atoms with Crippen molar-refractivity contribution in [3.05, 3.63) is 192 Å². The van der Waals surface area contributed by atoms with Gasteiger partial charge < -0.3 is 13.7 Å². The molecule has 0 radical (unpaired) electrons. The lowest BCUT2D eigenvalue weighted by atomic mass is 10.00. The van der Waals surface area contributed by atoms with Gasteiger partial charge in [-0.3, -0.25) is 0 Å². The maximum atomic E-state index is 10.5. The lowest BCUT2D eigenvalue weighted by molar-refractivity contribution is 1.16. The van der Waals surface area contributed by atoms with E-state index in [-0.39, 0.29) is 0 Å². The van der Waals surface area contributed by atoms with Crippen molar-refractivity contribution in [1.29, 1.82) is 10.5 Å². The Morgan fingerprint density at radius 3 is 1.61 bits per heavy atom. The molecular weight excluding hydrogens is 697 g/mol. The SMILES string of the molecule is [C-]#[N+]c1ccc2c(c1)c1ccccc1n2-c1ccccc1-c1cc(C#N)cc(-n2c3ccccc3c3cc(-n4c5ccccc5c5cc(C#N)ccc54)ccc32)c1. The Morgan fingerprint density at radius 2 is 0.930 bits per heavy atom. The molecule has 0 amide bonds. The van der Waals surface area contributed by atoms with Gasteiger partial charge in [-0.05, 0) is 102 Å². The van der Waals surface area contributed by atoms with Gasteiger partial charge in [0.15, 0.2) is 5.69 Å². The zero-order valence-electron chi connectivity index (χ0n) is 30.3. The Bertz CT molecular complexity index is 3630. The summed E-state index contributed by atoms with van der Waals surface area (Å²) in [6.07, 6.45) is 0. The standard InChI is InChI=1S/C51H28N6/c1-54-35-19-22-51-43(28-35)40-12-5-9-17-48(40)57(51)45-14-6-2-10-38(45)34-24-33(31-53)25-37(27-34)56-47-16-8-4-13-41(47)44-29-36(20-23-50(44)56)55-46-15-7-3-11-39(46)42-26-32(30-52)18-21-49(42)55/h2-29H. The number of fused-ring (bicyclic) bond motifs is 9. The molecule has 57 heavy (non-hydrogen) atoms. The molecule has 6 heteroatoms. The molecule has 0 aliphatic rings. The second-order valence-electron chi connectivity index (χ2n) is 14.3. The summed E-state index contributed by atoms with van der Waals surface area (Å²) in [6, 6.07) is 62.7. The second-order valence-corrected chi connectivity index (χ2v) is 14.3. The number of hydrogen-bond acceptors (Lipinski definition) is 2. The first kappa shape index (κ1) is 32.1. The average Bonchev–Trinajstić information content (AvgIpc) is 3.91. The molecular formula is C51H28N6. The third-order valence-corrected chi connectivity index (χ3v) is 11.3. The van der Waals surface area contributed by atoms with Gasteiger partial charge >= 0.3 is 0 Å². The minimum Gasteiger partial charge on any atom is -0.309 e. The molecule has 6 nitrogen and oxygen atoms in total. The fourth-order valence-electron chi connectivity index (χ4n) is 8.86. The molecule has 0 N–H and O–H groups in total. The molecule has 0 fully saturated rings. The summed E-state index contributed by atoms with van der Waals surface area (Å²) in [5.41, 5.74) is 12.9. The van der Waals surface area contributed by atoms with Crippen LogP contribution in [0.4, 0.5) is 5.69 Å². The molecule has 8 aromatic carbocycles. The van der Waals surface area contributed by atoms with E-state index >= 15 is 0 Å². The molecule has 0 atom stereocenters. The van der Waals surface area contributed by atoms with Crippen molar-refractivity contribution in [1.82, 2.24) is 13.7 Å². The highest BCUT2D eigenvalue weighted by Gasteiger charge is 2.20. The zero-order chi connectivity index (χ0) is 38.2. The summed E-state index contributed by atoms with van der Waals surface area (Å²) in [6.45, 7) is 7.66. The fourth-order valence-corrected chi connectivity index (χ4v) is 8.86. The van der Waals surface area contributed by atoms with E-state index in [1.54, 1.807) is 0 Å². The van der Waals surface area contributed by atoms with Crippen LogP contribution in [0, 0.1) is 29.2 Å². The van der Waals surface area contributed by atoms with Crippen LogP contribution in [0.3, 0.4) is 0 Å². The summed E-state index contributed by atoms with van der Waals surface area (Å²) >= 11 is 0. The molecule has 11 rings (SSSR count). The van der Waals surface area contributed by atoms with Gasteiger partial charge in [0, 0.05) is 43.9 Å². The van der Waals surface area contributed by atoms with E-state index in [0.717, 1.165) is 93.6 Å². The van der Waals surface area contributed by atoms with Crippen LogP contribution in [-0.4, -0.2) is 13.7 Å². The van der Waals surface area contributed by atoms with Crippen LogP contribution in [0.1, 0.15) is 11.1 Å². The van der Waals surface area contributed by atoms with Crippen LogP contribution >= 0.6 is 0 Å². The summed E-state index contributed by atoms with van der Waals surface area (Å²) in [4.78, 5) is 3.72. The highest BCUT2D eigenvalue weighted by atomic mass is 15.0. The lowest BCUT2D eigenvalue weighted by Gasteiger charge is -2.16. The highest BCUT2D eigenvalue weighted by molar-refractivity contribution is 6.13. The predicted molar refractivity (Wildman–Crippen MR) is 231 cm³/mol. The van der Waals surface area contributed by atoms with Gasteiger partial charge in [-0.25, -0.2) is 4.85 Å². The van der Waals surface area contributed by atoms with Crippen LogP contribution in [0.15, 0.2) is 170 Å². The minimum atomic E-state index is 0.561. The summed E-state index contributed by atoms with van der Waals surface area (Å²) in [7, 11) is 0. The first-order chi connectivity index (χ1) is 28.1. The monoisotopic (exact) mass is 724 g/mol. The van der Waals surface area contributed by atoms with Crippen molar-refractivity contribution in [3.63, 3.8) is 0 Å². The van der Waals surface area contributed by atoms with Crippen molar-refractivity contribution in [2.75, 3.05) is 0 Å². The molecule has 11 aromatic rings. The molecule has 0 spiro atoms. The van der Waals surface area contributed by atoms with E-state index in [2.05, 4.69) is 122 Å². The van der Waals surface area contributed by atoms with Crippen molar-refractivity contribution < 1.29 is 0 Å². The van der Waals surface area contributed by atoms with Crippen LogP contribution < -0.4 is 0 Å². The van der Waals surface area contributed by atoms with Gasteiger partial charge in [0.25, 0.3) is 0 Å². The lowest BCUT2D eigenvalue weighted by Crippen LogP contribution is -1.99. The van der Waals surface area contributed by atoms with Gasteiger partial charge in [-0.2, -0.15) is 10.5 Å². The molecule has 0 aliphatic carbocycles. The second kappa shape index (κ2) is 12.3. The van der Waals surface area contributed by atoms with E-state index < -0.39 is 0 Å². The number of rotatable bonds is 4. The van der Waals surface area contributed by atoms with Crippen molar-refractivity contribution in [2.24, 2.45) is 0 Å². The largest absolute Gasteiger partial charge is 0.309 e. The first-order valence-corrected chi connectivity index (χ1v) is 18.7. The van der Waals surface area contributed by atoms with E-state index in [1.807, 2.05) is 78.9 Å². The van der Waals surface area contributed by atoms with Gasteiger partial charge in [-0.1, -0.05) is 78.9 Å². The Morgan fingerprint density at radius 1 is 0.404 bits per heavy atom. The average molecular weight is 725 g/mol. The van der Waals surface area contributed by atoms with Crippen molar-refractivity contribution in [2.45, 2.75) is 0 Å². The summed E-state index contributed by atoms with van der Waals surface area (Å²) < 4.78 is 6.81. The number of aromatic nitrogens is 3. The fraction of sp³-hybridized carbons (Fsp3) is 0. The van der Waals surface area contributed by atoms with E-state index in [9.17, 15) is 10.5 Å². The normalized spacial score (nSPS) is 11.5. The van der Waals surface area contributed by atoms with Gasteiger partial charge in [0.05, 0.1) is 68.6 Å². The molecule has 0 bridgehead atoms. The van der Waals surface area contributed by atoms with E-state index in [0.29, 0.717) is 16.8 Å². The van der Waals surface area contributed by atoms with E-state index in [4.69, 9.17) is 6.57 Å². The molecule has 262 valence electrons. The van der Waals surface area contributed by atoms with Crippen LogP contribution in [0.5, 0.6) is 0 Å². The van der Waals surface area contributed by atoms with Gasteiger partial charge in [0.1, 0.15) is 0 Å². The van der Waals surface area contributed by atoms with Gasteiger partial charge in [-0.15, -0.1) is 0 Å². The Hall–Kier alpha value is -8.37. The molecule has 0 aliphatic heterocycles. The number of benzene rings is 8. The topological polar surface area (TPSA) is 66.7 Å². The van der Waals surface area contributed by atoms with E-state index in [1.165, 1.54) is 0 Å². The van der Waals surface area contributed by atoms with Crippen molar-refractivity contribution in [3.8, 4) is 40.3 Å². The van der Waals surface area contributed by atoms with Gasteiger partial charge in [0.2, 0.25) is 0 Å². The number of hydrogen-bond donors (Lipinski definition) is 0. The van der Waals surface area contributed by atoms with Crippen LogP contribution in [-0.2, 0) is 0 Å². The zero-order valence-corrected chi connectivity index (χ0v) is 30.3. The van der Waals surface area contributed by atoms with Crippen molar-refractivity contribution >= 4 is 71.1 Å². The quantitative estimate of drug-likeness (QED) is 0.170.